The first kappa shape index (κ1) is 17.1. The maximum Gasteiger partial charge on any atom is 0.317 e. The van der Waals surface area contributed by atoms with Crippen molar-refractivity contribution >= 4 is 12.0 Å². The number of morpholine rings is 1. The van der Waals surface area contributed by atoms with Gasteiger partial charge in [-0.15, -0.1) is 0 Å². The van der Waals surface area contributed by atoms with E-state index in [1.165, 1.54) is 12.1 Å². The molecule has 0 radical (unpaired) electrons. The summed E-state index contributed by atoms with van der Waals surface area (Å²) >= 11 is 0. The molecule has 0 aliphatic carbocycles. The Balaban J connectivity index is 1.44. The second-order valence-corrected chi connectivity index (χ2v) is 5.59. The molecular weight excluding hydrogens is 325 g/mol. The van der Waals surface area contributed by atoms with Gasteiger partial charge < -0.3 is 20.3 Å². The second-order valence-electron chi connectivity index (χ2n) is 5.59. The highest BCUT2D eigenvalue weighted by atomic mass is 19.1. The van der Waals surface area contributed by atoms with E-state index in [4.69, 9.17) is 4.74 Å². The third-order valence-corrected chi connectivity index (χ3v) is 3.85. The summed E-state index contributed by atoms with van der Waals surface area (Å²) in [7, 11) is 0. The minimum Gasteiger partial charge on any atom is -0.370 e. The number of aromatic nitrogens is 2. The van der Waals surface area contributed by atoms with Crippen molar-refractivity contribution in [3.63, 3.8) is 0 Å². The maximum absolute atomic E-state index is 13.0. The van der Waals surface area contributed by atoms with Crippen molar-refractivity contribution in [2.45, 2.75) is 6.10 Å². The third kappa shape index (κ3) is 4.87. The van der Waals surface area contributed by atoms with Crippen LogP contribution in [0.5, 0.6) is 0 Å². The van der Waals surface area contributed by atoms with Crippen LogP contribution in [0.1, 0.15) is 11.7 Å². The maximum atomic E-state index is 13.0. The molecule has 0 unspecified atom stereocenters. The summed E-state index contributed by atoms with van der Waals surface area (Å²) in [6.07, 6.45) is 3.06. The molecule has 3 rings (SSSR count). The zero-order valence-corrected chi connectivity index (χ0v) is 13.7. The summed E-state index contributed by atoms with van der Waals surface area (Å²) in [4.78, 5) is 22.1. The predicted octanol–water partition coefficient (Wildman–Crippen LogP) is 1.81. The number of anilines is 1. The summed E-state index contributed by atoms with van der Waals surface area (Å²) in [5, 5.41) is 5.88. The fourth-order valence-electron chi connectivity index (χ4n) is 2.56. The number of carbonyl (C=O) groups excluding carboxylic acids is 1. The first-order valence-electron chi connectivity index (χ1n) is 8.13. The molecule has 1 aliphatic heterocycles. The molecule has 1 aromatic heterocycles. The van der Waals surface area contributed by atoms with Gasteiger partial charge in [0.1, 0.15) is 11.9 Å². The Labute approximate surface area is 145 Å². The molecule has 1 saturated heterocycles. The molecule has 25 heavy (non-hydrogen) atoms. The minimum absolute atomic E-state index is 0.147. The first-order chi connectivity index (χ1) is 12.2. The van der Waals surface area contributed by atoms with E-state index in [9.17, 15) is 9.18 Å². The van der Waals surface area contributed by atoms with Crippen LogP contribution in [0, 0.1) is 5.82 Å². The number of urea groups is 1. The minimum atomic E-state index is -0.288. The van der Waals surface area contributed by atoms with Crippen molar-refractivity contribution in [3.05, 3.63) is 54.1 Å². The van der Waals surface area contributed by atoms with Gasteiger partial charge in [-0.2, -0.15) is 0 Å². The lowest BCUT2D eigenvalue weighted by molar-refractivity contribution is -0.0154. The fourth-order valence-corrected chi connectivity index (χ4v) is 2.56. The van der Waals surface area contributed by atoms with Crippen molar-refractivity contribution in [3.8, 4) is 0 Å². The van der Waals surface area contributed by atoms with E-state index in [1.54, 1.807) is 35.5 Å². The Hall–Kier alpha value is -2.74. The van der Waals surface area contributed by atoms with Crippen LogP contribution in [-0.4, -0.2) is 53.7 Å². The van der Waals surface area contributed by atoms with Crippen molar-refractivity contribution in [2.24, 2.45) is 0 Å². The van der Waals surface area contributed by atoms with Gasteiger partial charge in [-0.05, 0) is 23.8 Å². The molecule has 8 heteroatoms. The van der Waals surface area contributed by atoms with Gasteiger partial charge in [0.15, 0.2) is 0 Å². The summed E-state index contributed by atoms with van der Waals surface area (Å²) in [6, 6.07) is 7.76. The van der Waals surface area contributed by atoms with Gasteiger partial charge in [-0.1, -0.05) is 12.1 Å². The molecule has 7 nitrogen and oxygen atoms in total. The van der Waals surface area contributed by atoms with Gasteiger partial charge in [0, 0.05) is 32.0 Å². The molecule has 2 aromatic rings. The predicted molar refractivity (Wildman–Crippen MR) is 90.6 cm³/mol. The zero-order chi connectivity index (χ0) is 17.5. The lowest BCUT2D eigenvalue weighted by atomic mass is 10.1. The van der Waals surface area contributed by atoms with Gasteiger partial charge in [0.25, 0.3) is 0 Å². The topological polar surface area (TPSA) is 79.4 Å². The fraction of sp³-hybridized carbons (Fsp3) is 0.353. The number of benzene rings is 1. The van der Waals surface area contributed by atoms with E-state index in [2.05, 4.69) is 20.6 Å². The molecule has 1 aromatic carbocycles. The summed E-state index contributed by atoms with van der Waals surface area (Å²) in [6.45, 7) is 2.40. The molecule has 2 heterocycles. The molecule has 2 N–H and O–H groups in total. The lowest BCUT2D eigenvalue weighted by Crippen LogP contribution is -2.48. The molecule has 1 atom stereocenters. The van der Waals surface area contributed by atoms with Crippen molar-refractivity contribution < 1.29 is 13.9 Å². The summed E-state index contributed by atoms with van der Waals surface area (Å²) < 4.78 is 18.7. The van der Waals surface area contributed by atoms with E-state index in [-0.39, 0.29) is 18.0 Å². The third-order valence-electron chi connectivity index (χ3n) is 3.85. The number of rotatable bonds is 5. The Morgan fingerprint density at radius 3 is 2.76 bits per heavy atom. The Morgan fingerprint density at radius 2 is 2.00 bits per heavy atom. The average molecular weight is 345 g/mol. The summed E-state index contributed by atoms with van der Waals surface area (Å²) in [5.41, 5.74) is 0.863. The zero-order valence-electron chi connectivity index (χ0n) is 13.7. The molecular formula is C17H20FN5O2. The molecule has 0 spiro atoms. The van der Waals surface area contributed by atoms with E-state index < -0.39 is 0 Å². The number of halogens is 1. The van der Waals surface area contributed by atoms with Crippen molar-refractivity contribution in [1.82, 2.24) is 20.2 Å². The van der Waals surface area contributed by atoms with Crippen LogP contribution in [-0.2, 0) is 4.74 Å². The van der Waals surface area contributed by atoms with Crippen LogP contribution < -0.4 is 10.6 Å². The molecule has 2 amide bonds. The SMILES string of the molecule is O=C(NCCNc1ncccn1)N1CCO[C@H](c2ccc(F)cc2)C1. The number of amides is 2. The molecule has 0 saturated carbocycles. The normalized spacial score (nSPS) is 17.2. The van der Waals surface area contributed by atoms with Crippen molar-refractivity contribution in [2.75, 3.05) is 38.1 Å². The van der Waals surface area contributed by atoms with Gasteiger partial charge in [-0.25, -0.2) is 19.2 Å². The smallest absolute Gasteiger partial charge is 0.317 e. The molecule has 1 aliphatic rings. The van der Waals surface area contributed by atoms with Gasteiger partial charge in [-0.3, -0.25) is 0 Å². The number of ether oxygens (including phenoxy) is 1. The number of carbonyl (C=O) groups is 1. The van der Waals surface area contributed by atoms with Crippen LogP contribution in [0.3, 0.4) is 0 Å². The van der Waals surface area contributed by atoms with Gasteiger partial charge >= 0.3 is 6.03 Å². The van der Waals surface area contributed by atoms with Crippen LogP contribution >= 0.6 is 0 Å². The Morgan fingerprint density at radius 1 is 1.24 bits per heavy atom. The number of nitrogens with zero attached hydrogens (tertiary/aromatic N) is 3. The van der Waals surface area contributed by atoms with Crippen molar-refractivity contribution in [1.29, 1.82) is 0 Å². The van der Waals surface area contributed by atoms with E-state index >= 15 is 0 Å². The largest absolute Gasteiger partial charge is 0.370 e. The summed E-state index contributed by atoms with van der Waals surface area (Å²) in [5.74, 6) is 0.239. The lowest BCUT2D eigenvalue weighted by Gasteiger charge is -2.33. The number of hydrogen-bond donors (Lipinski definition) is 2. The molecule has 0 bridgehead atoms. The second kappa shape index (κ2) is 8.39. The van der Waals surface area contributed by atoms with Crippen LogP contribution in [0.25, 0.3) is 0 Å². The standard InChI is InChI=1S/C17H20FN5O2/c18-14-4-2-13(3-5-14)15-12-23(10-11-25-15)17(24)22-9-8-21-16-19-6-1-7-20-16/h1-7,15H,8-12H2,(H,22,24)(H,19,20,21)/t15-/m0/s1. The number of nitrogens with one attached hydrogen (secondary N) is 2. The van der Waals surface area contributed by atoms with Gasteiger partial charge in [0.2, 0.25) is 5.95 Å². The van der Waals surface area contributed by atoms with Gasteiger partial charge in [0.05, 0.1) is 13.2 Å². The van der Waals surface area contributed by atoms with Crippen LogP contribution in [0.15, 0.2) is 42.7 Å². The highest BCUT2D eigenvalue weighted by Gasteiger charge is 2.25. The van der Waals surface area contributed by atoms with E-state index in [0.29, 0.717) is 38.7 Å². The molecule has 132 valence electrons. The highest BCUT2D eigenvalue weighted by Crippen LogP contribution is 2.22. The average Bonchev–Trinajstić information content (AvgIpc) is 2.66. The van der Waals surface area contributed by atoms with E-state index in [1.807, 2.05) is 0 Å². The first-order valence-corrected chi connectivity index (χ1v) is 8.13. The number of hydrogen-bond acceptors (Lipinski definition) is 5. The highest BCUT2D eigenvalue weighted by molar-refractivity contribution is 5.74. The quantitative estimate of drug-likeness (QED) is 0.808. The molecule has 1 fully saturated rings. The van der Waals surface area contributed by atoms with Crippen LogP contribution in [0.4, 0.5) is 15.1 Å². The Kier molecular flexibility index (Phi) is 5.73. The van der Waals surface area contributed by atoms with Crippen LogP contribution in [0.2, 0.25) is 0 Å². The Bertz CT molecular complexity index is 683. The van der Waals surface area contributed by atoms with E-state index in [0.717, 1.165) is 5.56 Å². The monoisotopic (exact) mass is 345 g/mol.